The topological polar surface area (TPSA) is 122 Å². The number of sulfonamides is 1. The number of nitrogens with zero attached hydrogens (tertiary/aromatic N) is 2. The molecule has 0 bridgehead atoms. The van der Waals surface area contributed by atoms with Gasteiger partial charge in [-0.15, -0.1) is 0 Å². The summed E-state index contributed by atoms with van der Waals surface area (Å²) in [4.78, 5) is 25.2. The molecular weight excluding hydrogens is 499 g/mol. The fourth-order valence-electron chi connectivity index (χ4n) is 4.47. The Morgan fingerprint density at radius 1 is 1.11 bits per heavy atom. The minimum atomic E-state index is -4.49. The normalized spacial score (nSPS) is 16.2. The third-order valence-corrected chi connectivity index (χ3v) is 7.99. The highest BCUT2D eigenvalue weighted by Crippen LogP contribution is 2.33. The van der Waals surface area contributed by atoms with E-state index in [1.807, 2.05) is 49.3 Å². The lowest BCUT2D eigenvalue weighted by Crippen LogP contribution is -2.46. The number of nitro benzene ring substituents is 1. The first kappa shape index (κ1) is 28.5. The second kappa shape index (κ2) is 12.5. The number of aryl methyl sites for hydroxylation is 1. The third-order valence-electron chi connectivity index (χ3n) is 6.66. The maximum absolute atomic E-state index is 15.0. The Kier molecular flexibility index (Phi) is 9.61. The van der Waals surface area contributed by atoms with Crippen LogP contribution in [0.25, 0.3) is 0 Å². The first-order valence-corrected chi connectivity index (χ1v) is 14.0. The van der Waals surface area contributed by atoms with E-state index in [2.05, 4.69) is 5.32 Å². The highest BCUT2D eigenvalue weighted by molar-refractivity contribution is 7.90. The van der Waals surface area contributed by atoms with E-state index in [0.29, 0.717) is 25.7 Å². The van der Waals surface area contributed by atoms with Crippen molar-refractivity contribution in [3.05, 3.63) is 64.2 Å². The second-order valence-electron chi connectivity index (χ2n) is 9.85. The van der Waals surface area contributed by atoms with Crippen molar-refractivity contribution in [2.75, 3.05) is 26.0 Å². The summed E-state index contributed by atoms with van der Waals surface area (Å²) in [6.07, 6.45) is 3.87. The van der Waals surface area contributed by atoms with Crippen LogP contribution in [0.15, 0.2) is 53.4 Å². The van der Waals surface area contributed by atoms with Crippen LogP contribution in [0.2, 0.25) is 0 Å². The summed E-state index contributed by atoms with van der Waals surface area (Å²) in [5, 5.41) is 15.1. The summed E-state index contributed by atoms with van der Waals surface area (Å²) >= 11 is 0. The molecule has 1 atom stereocenters. The van der Waals surface area contributed by atoms with Gasteiger partial charge in [0.1, 0.15) is 5.69 Å². The van der Waals surface area contributed by atoms with Gasteiger partial charge in [-0.25, -0.2) is 17.5 Å². The molecule has 202 valence electrons. The number of hydrogen-bond acceptors (Lipinski definition) is 7. The molecule has 2 aromatic rings. The molecule has 0 unspecified atom stereocenters. The standard InChI is InChI=1S/C26H35FN4O5S/c1-30(2)18-15-21(12-11-20-9-5-3-6-10-20)28-23-14-13-22(19-24(23)31(33)34)37(35,36)29-25(32)26(27)16-7-4-8-17-26/h3,5-6,9-10,13-14,19,21,28H,4,7-8,11-12,15-18H2,1-2H3,(H,29,32)/t21-/m0/s1. The van der Waals surface area contributed by atoms with Gasteiger partial charge in [-0.1, -0.05) is 36.8 Å². The molecule has 1 aliphatic carbocycles. The van der Waals surface area contributed by atoms with Crippen LogP contribution in [-0.4, -0.2) is 56.5 Å². The number of benzene rings is 2. The van der Waals surface area contributed by atoms with Crippen molar-refractivity contribution in [2.24, 2.45) is 0 Å². The van der Waals surface area contributed by atoms with Crippen LogP contribution in [0.4, 0.5) is 15.8 Å². The van der Waals surface area contributed by atoms with E-state index in [4.69, 9.17) is 0 Å². The van der Waals surface area contributed by atoms with Gasteiger partial charge in [0, 0.05) is 12.1 Å². The Hall–Kier alpha value is -3.05. The van der Waals surface area contributed by atoms with E-state index in [1.54, 1.807) is 4.72 Å². The number of alkyl halides is 1. The van der Waals surface area contributed by atoms with Crippen LogP contribution in [0.1, 0.15) is 50.5 Å². The van der Waals surface area contributed by atoms with Gasteiger partial charge in [0.2, 0.25) is 0 Å². The number of rotatable bonds is 12. The summed E-state index contributed by atoms with van der Waals surface area (Å²) in [6.45, 7) is 0.754. The molecule has 1 saturated carbocycles. The zero-order chi connectivity index (χ0) is 27.1. The second-order valence-corrected chi connectivity index (χ2v) is 11.5. The number of halogens is 1. The highest BCUT2D eigenvalue weighted by Gasteiger charge is 2.41. The summed E-state index contributed by atoms with van der Waals surface area (Å²) in [5.41, 5.74) is -1.36. The van der Waals surface area contributed by atoms with Crippen molar-refractivity contribution in [1.29, 1.82) is 0 Å². The van der Waals surface area contributed by atoms with Gasteiger partial charge in [-0.05, 0) is 83.3 Å². The summed E-state index contributed by atoms with van der Waals surface area (Å²) in [5.74, 6) is -1.22. The number of carbonyl (C=O) groups excluding carboxylic acids is 1. The Morgan fingerprint density at radius 2 is 1.78 bits per heavy atom. The molecule has 0 heterocycles. The van der Waals surface area contributed by atoms with Gasteiger partial charge >= 0.3 is 0 Å². The predicted molar refractivity (Wildman–Crippen MR) is 141 cm³/mol. The maximum Gasteiger partial charge on any atom is 0.293 e. The number of nitrogens with one attached hydrogen (secondary N) is 2. The lowest BCUT2D eigenvalue weighted by molar-refractivity contribution is -0.384. The summed E-state index contributed by atoms with van der Waals surface area (Å²) < 4.78 is 42.4. The Morgan fingerprint density at radius 3 is 2.41 bits per heavy atom. The summed E-state index contributed by atoms with van der Waals surface area (Å²) in [7, 11) is -0.606. The zero-order valence-corrected chi connectivity index (χ0v) is 22.1. The van der Waals surface area contributed by atoms with Crippen LogP contribution < -0.4 is 10.0 Å². The van der Waals surface area contributed by atoms with Gasteiger partial charge < -0.3 is 10.2 Å². The highest BCUT2D eigenvalue weighted by atomic mass is 32.2. The van der Waals surface area contributed by atoms with E-state index >= 15 is 0 Å². The van der Waals surface area contributed by atoms with E-state index < -0.39 is 37.1 Å². The van der Waals surface area contributed by atoms with Gasteiger partial charge in [0.25, 0.3) is 21.6 Å². The molecule has 0 aliphatic heterocycles. The first-order valence-electron chi connectivity index (χ1n) is 12.5. The third kappa shape index (κ3) is 7.96. The molecule has 2 aromatic carbocycles. The fraction of sp³-hybridized carbons (Fsp3) is 0.500. The van der Waals surface area contributed by atoms with E-state index in [1.165, 1.54) is 12.1 Å². The number of amides is 1. The largest absolute Gasteiger partial charge is 0.377 e. The SMILES string of the molecule is CN(C)CC[C@H](CCc1ccccc1)Nc1ccc(S(=O)(=O)NC(=O)C2(F)CCCCC2)cc1[N+](=O)[O-]. The number of nitro groups is 1. The maximum atomic E-state index is 15.0. The molecule has 11 heteroatoms. The van der Waals surface area contributed by atoms with Crippen LogP contribution >= 0.6 is 0 Å². The number of carbonyl (C=O) groups is 1. The van der Waals surface area contributed by atoms with Crippen molar-refractivity contribution >= 4 is 27.3 Å². The van der Waals surface area contributed by atoms with Crippen molar-refractivity contribution in [2.45, 2.75) is 68.0 Å². The quantitative estimate of drug-likeness (QED) is 0.305. The molecule has 0 aromatic heterocycles. The van der Waals surface area contributed by atoms with Crippen LogP contribution in [-0.2, 0) is 21.2 Å². The van der Waals surface area contributed by atoms with E-state index in [0.717, 1.165) is 31.0 Å². The first-order chi connectivity index (χ1) is 17.5. The van der Waals surface area contributed by atoms with Crippen molar-refractivity contribution in [3.63, 3.8) is 0 Å². The van der Waals surface area contributed by atoms with Gasteiger partial charge in [0.05, 0.1) is 9.82 Å². The van der Waals surface area contributed by atoms with Crippen LogP contribution in [0.5, 0.6) is 0 Å². The Balaban J connectivity index is 1.79. The molecule has 0 radical (unpaired) electrons. The predicted octanol–water partition coefficient (Wildman–Crippen LogP) is 4.44. The van der Waals surface area contributed by atoms with Gasteiger partial charge in [-0.3, -0.25) is 14.9 Å². The number of hydrogen-bond donors (Lipinski definition) is 2. The Bertz CT molecular complexity index is 1180. The molecule has 0 spiro atoms. The molecule has 9 nitrogen and oxygen atoms in total. The lowest BCUT2D eigenvalue weighted by Gasteiger charge is -2.27. The molecule has 1 fully saturated rings. The van der Waals surface area contributed by atoms with Crippen LogP contribution in [0.3, 0.4) is 0 Å². The van der Waals surface area contributed by atoms with E-state index in [-0.39, 0.29) is 24.6 Å². The Labute approximate surface area is 217 Å². The minimum Gasteiger partial charge on any atom is -0.377 e. The molecule has 1 aliphatic rings. The number of anilines is 1. The molecule has 2 N–H and O–H groups in total. The molecular formula is C26H35FN4O5S. The van der Waals surface area contributed by atoms with Crippen molar-refractivity contribution < 1.29 is 22.5 Å². The molecule has 37 heavy (non-hydrogen) atoms. The fourth-order valence-corrected chi connectivity index (χ4v) is 5.53. The summed E-state index contributed by atoms with van der Waals surface area (Å²) in [6, 6.07) is 13.2. The average molecular weight is 535 g/mol. The van der Waals surface area contributed by atoms with Gasteiger partial charge in [-0.2, -0.15) is 0 Å². The minimum absolute atomic E-state index is 0.0469. The van der Waals surface area contributed by atoms with Crippen LogP contribution in [0, 0.1) is 10.1 Å². The lowest BCUT2D eigenvalue weighted by atomic mass is 9.86. The zero-order valence-electron chi connectivity index (χ0n) is 21.3. The average Bonchev–Trinajstić information content (AvgIpc) is 2.86. The van der Waals surface area contributed by atoms with E-state index in [9.17, 15) is 27.7 Å². The monoisotopic (exact) mass is 534 g/mol. The van der Waals surface area contributed by atoms with Crippen molar-refractivity contribution in [1.82, 2.24) is 9.62 Å². The molecule has 0 saturated heterocycles. The molecule has 3 rings (SSSR count). The van der Waals surface area contributed by atoms with Crippen molar-refractivity contribution in [3.8, 4) is 0 Å². The van der Waals surface area contributed by atoms with Gasteiger partial charge in [0.15, 0.2) is 5.67 Å². The molecule has 1 amide bonds. The smallest absolute Gasteiger partial charge is 0.293 e.